The Balaban J connectivity index is 1.86. The topological polar surface area (TPSA) is 12.0 Å². The zero-order chi connectivity index (χ0) is 10.7. The van der Waals surface area contributed by atoms with Gasteiger partial charge in [0.05, 0.1) is 0 Å². The molecule has 5 heteroatoms. The second-order valence-corrected chi connectivity index (χ2v) is 6.03. The first kappa shape index (κ1) is 11.5. The van der Waals surface area contributed by atoms with Crippen LogP contribution in [0.15, 0.2) is 32.7 Å². The minimum atomic E-state index is 0.877. The molecule has 0 bridgehead atoms. The van der Waals surface area contributed by atoms with Crippen molar-refractivity contribution < 1.29 is 0 Å². The second-order valence-electron chi connectivity index (χ2n) is 3.06. The Bertz CT molecular complexity index is 392. The van der Waals surface area contributed by atoms with Gasteiger partial charge in [-0.05, 0) is 22.9 Å². The molecule has 0 aliphatic carbocycles. The third kappa shape index (κ3) is 3.01. The monoisotopic (exact) mass is 273 g/mol. The first-order chi connectivity index (χ1) is 7.27. The Morgan fingerprint density at radius 3 is 1.73 bits per heavy atom. The van der Waals surface area contributed by atoms with E-state index in [1.165, 1.54) is 9.75 Å². The van der Waals surface area contributed by atoms with Crippen LogP contribution in [0.1, 0.15) is 9.75 Å². The number of hydrogen-bond donors (Lipinski definition) is 3. The van der Waals surface area contributed by atoms with Gasteiger partial charge in [-0.25, -0.2) is 0 Å². The van der Waals surface area contributed by atoms with Crippen LogP contribution in [0.3, 0.4) is 0 Å². The van der Waals surface area contributed by atoms with Crippen molar-refractivity contribution in [3.8, 4) is 0 Å². The summed E-state index contributed by atoms with van der Waals surface area (Å²) in [6.45, 7) is 1.75. The maximum absolute atomic E-state index is 4.38. The lowest BCUT2D eigenvalue weighted by atomic mass is 10.4. The number of rotatable bonds is 4. The molecule has 1 nitrogen and oxygen atoms in total. The lowest BCUT2D eigenvalue weighted by Crippen LogP contribution is -2.11. The summed E-state index contributed by atoms with van der Waals surface area (Å²) in [5, 5.41) is 7.52. The highest BCUT2D eigenvalue weighted by Gasteiger charge is 2.02. The lowest BCUT2D eigenvalue weighted by molar-refractivity contribution is 0.696. The van der Waals surface area contributed by atoms with Crippen molar-refractivity contribution in [1.29, 1.82) is 0 Å². The predicted octanol–water partition coefficient (Wildman–Crippen LogP) is 3.68. The number of nitrogens with one attached hydrogen (secondary N) is 1. The van der Waals surface area contributed by atoms with Gasteiger partial charge in [-0.3, -0.25) is 0 Å². The summed E-state index contributed by atoms with van der Waals surface area (Å²) in [7, 11) is 0. The van der Waals surface area contributed by atoms with Gasteiger partial charge < -0.3 is 5.32 Å². The van der Waals surface area contributed by atoms with E-state index in [0.29, 0.717) is 0 Å². The van der Waals surface area contributed by atoms with Crippen LogP contribution >= 0.6 is 47.9 Å². The molecule has 2 heterocycles. The SMILES string of the molecule is Sc1ccsc1CNCc1sccc1S. The molecule has 0 fully saturated rings. The molecule has 0 spiro atoms. The van der Waals surface area contributed by atoms with Crippen LogP contribution in [-0.4, -0.2) is 0 Å². The Morgan fingerprint density at radius 1 is 0.933 bits per heavy atom. The van der Waals surface area contributed by atoms with E-state index in [2.05, 4.69) is 41.3 Å². The fourth-order valence-corrected chi connectivity index (χ4v) is 3.53. The molecular formula is C10H11NS4. The maximum Gasteiger partial charge on any atom is 0.0317 e. The molecule has 0 aliphatic heterocycles. The summed E-state index contributed by atoms with van der Waals surface area (Å²) in [5.74, 6) is 0. The number of hydrogen-bond acceptors (Lipinski definition) is 5. The summed E-state index contributed by atoms with van der Waals surface area (Å²) >= 11 is 12.2. The molecule has 0 radical (unpaired) electrons. The lowest BCUT2D eigenvalue weighted by Gasteiger charge is -2.02. The van der Waals surface area contributed by atoms with E-state index < -0.39 is 0 Å². The highest BCUT2D eigenvalue weighted by atomic mass is 32.1. The van der Waals surface area contributed by atoms with Gasteiger partial charge in [0, 0.05) is 32.6 Å². The molecule has 0 saturated heterocycles. The van der Waals surface area contributed by atoms with Crippen molar-refractivity contribution >= 4 is 47.9 Å². The summed E-state index contributed by atoms with van der Waals surface area (Å²) in [6.07, 6.45) is 0. The molecular weight excluding hydrogens is 262 g/mol. The highest BCUT2D eigenvalue weighted by Crippen LogP contribution is 2.22. The molecule has 0 amide bonds. The number of thiophene rings is 2. The van der Waals surface area contributed by atoms with Gasteiger partial charge in [-0.2, -0.15) is 0 Å². The van der Waals surface area contributed by atoms with Crippen molar-refractivity contribution in [2.24, 2.45) is 0 Å². The van der Waals surface area contributed by atoms with Gasteiger partial charge in [-0.15, -0.1) is 47.9 Å². The molecule has 0 aliphatic rings. The molecule has 0 aromatic carbocycles. The Kier molecular flexibility index (Phi) is 4.16. The maximum atomic E-state index is 4.38. The minimum absolute atomic E-state index is 0.877. The smallest absolute Gasteiger partial charge is 0.0317 e. The van der Waals surface area contributed by atoms with Crippen LogP contribution in [0.5, 0.6) is 0 Å². The zero-order valence-corrected chi connectivity index (χ0v) is 11.4. The van der Waals surface area contributed by atoms with Gasteiger partial charge in [-0.1, -0.05) is 0 Å². The Hall–Kier alpha value is 0.0600. The van der Waals surface area contributed by atoms with Crippen LogP contribution in [0.2, 0.25) is 0 Å². The van der Waals surface area contributed by atoms with E-state index in [-0.39, 0.29) is 0 Å². The first-order valence-corrected chi connectivity index (χ1v) is 7.14. The fraction of sp³-hybridized carbons (Fsp3) is 0.200. The molecule has 2 rings (SSSR count). The molecule has 1 N–H and O–H groups in total. The van der Waals surface area contributed by atoms with E-state index in [0.717, 1.165) is 22.9 Å². The molecule has 0 atom stereocenters. The summed E-state index contributed by atoms with van der Waals surface area (Å²) in [6, 6.07) is 4.06. The molecule has 80 valence electrons. The van der Waals surface area contributed by atoms with E-state index in [1.54, 1.807) is 22.7 Å². The minimum Gasteiger partial charge on any atom is -0.307 e. The fourth-order valence-electron chi connectivity index (χ4n) is 1.22. The average Bonchev–Trinajstić information content (AvgIpc) is 2.78. The molecule has 0 saturated carbocycles. The van der Waals surface area contributed by atoms with Gasteiger partial charge in [0.25, 0.3) is 0 Å². The van der Waals surface area contributed by atoms with Crippen molar-refractivity contribution in [3.05, 3.63) is 32.6 Å². The average molecular weight is 273 g/mol. The van der Waals surface area contributed by atoms with E-state index in [9.17, 15) is 0 Å². The van der Waals surface area contributed by atoms with Crippen molar-refractivity contribution in [2.45, 2.75) is 22.9 Å². The molecule has 2 aromatic heterocycles. The predicted molar refractivity (Wildman–Crippen MR) is 73.7 cm³/mol. The van der Waals surface area contributed by atoms with Crippen molar-refractivity contribution in [3.63, 3.8) is 0 Å². The zero-order valence-electron chi connectivity index (χ0n) is 7.93. The van der Waals surface area contributed by atoms with Crippen molar-refractivity contribution in [1.82, 2.24) is 5.32 Å². The summed E-state index contributed by atoms with van der Waals surface area (Å²) in [5.41, 5.74) is 0. The summed E-state index contributed by atoms with van der Waals surface area (Å²) in [4.78, 5) is 4.72. The standard InChI is InChI=1S/C10H11NS4/c12-7-1-3-14-9(7)5-11-6-10-8(13)2-4-15-10/h1-4,11-13H,5-6H2. The Morgan fingerprint density at radius 2 is 1.40 bits per heavy atom. The summed E-state index contributed by atoms with van der Waals surface area (Å²) < 4.78 is 0. The van der Waals surface area contributed by atoms with Crippen LogP contribution < -0.4 is 5.32 Å². The van der Waals surface area contributed by atoms with E-state index in [4.69, 9.17) is 0 Å². The van der Waals surface area contributed by atoms with Crippen LogP contribution in [-0.2, 0) is 13.1 Å². The third-order valence-corrected chi connectivity index (χ3v) is 5.00. The van der Waals surface area contributed by atoms with Crippen LogP contribution in [0.4, 0.5) is 0 Å². The van der Waals surface area contributed by atoms with E-state index in [1.807, 2.05) is 12.1 Å². The quantitative estimate of drug-likeness (QED) is 0.722. The first-order valence-electron chi connectivity index (χ1n) is 4.49. The largest absolute Gasteiger partial charge is 0.307 e. The van der Waals surface area contributed by atoms with Crippen molar-refractivity contribution in [2.75, 3.05) is 0 Å². The Labute approximate surface area is 108 Å². The van der Waals surface area contributed by atoms with Gasteiger partial charge in [0.1, 0.15) is 0 Å². The number of thiol groups is 2. The van der Waals surface area contributed by atoms with E-state index >= 15 is 0 Å². The third-order valence-electron chi connectivity index (χ3n) is 2.01. The molecule has 15 heavy (non-hydrogen) atoms. The van der Waals surface area contributed by atoms with Gasteiger partial charge >= 0.3 is 0 Å². The van der Waals surface area contributed by atoms with Crippen LogP contribution in [0.25, 0.3) is 0 Å². The molecule has 2 aromatic rings. The highest BCUT2D eigenvalue weighted by molar-refractivity contribution is 7.80. The van der Waals surface area contributed by atoms with Gasteiger partial charge in [0.15, 0.2) is 0 Å². The van der Waals surface area contributed by atoms with Crippen LogP contribution in [0, 0.1) is 0 Å². The van der Waals surface area contributed by atoms with Gasteiger partial charge in [0.2, 0.25) is 0 Å². The second kappa shape index (κ2) is 5.41. The normalized spacial score (nSPS) is 10.8. The molecule has 0 unspecified atom stereocenters.